The van der Waals surface area contributed by atoms with E-state index in [9.17, 15) is 12.8 Å². The highest BCUT2D eigenvalue weighted by Gasteiger charge is 2.16. The van der Waals surface area contributed by atoms with E-state index in [0.29, 0.717) is 11.3 Å². The van der Waals surface area contributed by atoms with Crippen molar-refractivity contribution in [3.05, 3.63) is 46.2 Å². The van der Waals surface area contributed by atoms with Crippen LogP contribution < -0.4 is 10.0 Å². The van der Waals surface area contributed by atoms with Crippen LogP contribution in [0.2, 0.25) is 0 Å². The second-order valence-corrected chi connectivity index (χ2v) is 6.57. The summed E-state index contributed by atoms with van der Waals surface area (Å²) in [6, 6.07) is 3.73. The van der Waals surface area contributed by atoms with E-state index < -0.39 is 15.8 Å². The van der Waals surface area contributed by atoms with Crippen molar-refractivity contribution in [1.29, 1.82) is 0 Å². The van der Waals surface area contributed by atoms with Crippen molar-refractivity contribution < 1.29 is 12.8 Å². The maximum Gasteiger partial charge on any atom is 0.240 e. The molecule has 0 saturated heterocycles. The van der Waals surface area contributed by atoms with Gasteiger partial charge in [-0.1, -0.05) is 0 Å². The predicted octanol–water partition coefficient (Wildman–Crippen LogP) is 1.48. The van der Waals surface area contributed by atoms with Gasteiger partial charge in [0.05, 0.1) is 22.6 Å². The SMILES string of the molecule is CNCc1cc(S(=O)(=O)NCc2cscn2)ccc1F. The Hall–Kier alpha value is -1.35. The number of halogens is 1. The van der Waals surface area contributed by atoms with Crippen LogP contribution >= 0.6 is 11.3 Å². The van der Waals surface area contributed by atoms with Gasteiger partial charge in [-0.3, -0.25) is 0 Å². The summed E-state index contributed by atoms with van der Waals surface area (Å²) in [5.74, 6) is -0.433. The molecule has 0 bridgehead atoms. The van der Waals surface area contributed by atoms with E-state index in [0.717, 1.165) is 6.07 Å². The fourth-order valence-corrected chi connectivity index (χ4v) is 3.23. The van der Waals surface area contributed by atoms with Crippen LogP contribution in [0.5, 0.6) is 0 Å². The van der Waals surface area contributed by atoms with E-state index in [4.69, 9.17) is 0 Å². The van der Waals surface area contributed by atoms with Gasteiger partial charge in [0.25, 0.3) is 0 Å². The second-order valence-electron chi connectivity index (χ2n) is 4.09. The number of aromatic nitrogens is 1. The topological polar surface area (TPSA) is 71.1 Å². The fraction of sp³-hybridized carbons (Fsp3) is 0.250. The van der Waals surface area contributed by atoms with Gasteiger partial charge in [-0.25, -0.2) is 22.5 Å². The molecular formula is C12H14FN3O2S2. The summed E-state index contributed by atoms with van der Waals surface area (Å²) in [4.78, 5) is 4.04. The lowest BCUT2D eigenvalue weighted by atomic mass is 10.2. The molecule has 2 N–H and O–H groups in total. The predicted molar refractivity (Wildman–Crippen MR) is 75.3 cm³/mol. The summed E-state index contributed by atoms with van der Waals surface area (Å²) >= 11 is 1.39. The average Bonchev–Trinajstić information content (AvgIpc) is 2.92. The molecule has 0 aliphatic carbocycles. The zero-order valence-electron chi connectivity index (χ0n) is 10.8. The molecule has 0 aliphatic heterocycles. The van der Waals surface area contributed by atoms with Gasteiger partial charge in [-0.2, -0.15) is 0 Å². The molecule has 1 aromatic carbocycles. The summed E-state index contributed by atoms with van der Waals surface area (Å²) in [7, 11) is -2.01. The molecule has 2 rings (SSSR count). The maximum absolute atomic E-state index is 13.5. The van der Waals surface area contributed by atoms with Gasteiger partial charge in [0, 0.05) is 17.5 Å². The molecule has 1 aromatic heterocycles. The summed E-state index contributed by atoms with van der Waals surface area (Å²) in [5, 5.41) is 4.56. The zero-order valence-corrected chi connectivity index (χ0v) is 12.4. The van der Waals surface area contributed by atoms with Crippen molar-refractivity contribution in [3.63, 3.8) is 0 Å². The maximum atomic E-state index is 13.5. The van der Waals surface area contributed by atoms with Crippen molar-refractivity contribution in [2.75, 3.05) is 7.05 Å². The fourth-order valence-electron chi connectivity index (χ4n) is 1.62. The van der Waals surface area contributed by atoms with Crippen LogP contribution in [0, 0.1) is 5.82 Å². The second kappa shape index (κ2) is 6.40. The van der Waals surface area contributed by atoms with E-state index >= 15 is 0 Å². The molecule has 0 aliphatic rings. The van der Waals surface area contributed by atoms with Crippen LogP contribution in [0.1, 0.15) is 11.3 Å². The molecule has 0 amide bonds. The van der Waals surface area contributed by atoms with Gasteiger partial charge in [0.15, 0.2) is 0 Å². The van der Waals surface area contributed by atoms with E-state index in [2.05, 4.69) is 15.0 Å². The average molecular weight is 315 g/mol. The van der Waals surface area contributed by atoms with Gasteiger partial charge >= 0.3 is 0 Å². The number of benzene rings is 1. The Morgan fingerprint density at radius 1 is 1.35 bits per heavy atom. The first-order chi connectivity index (χ1) is 9.53. The lowest BCUT2D eigenvalue weighted by Crippen LogP contribution is -2.23. The van der Waals surface area contributed by atoms with Crippen LogP contribution in [0.25, 0.3) is 0 Å². The highest BCUT2D eigenvalue weighted by Crippen LogP contribution is 2.15. The van der Waals surface area contributed by atoms with E-state index in [-0.39, 0.29) is 18.0 Å². The Morgan fingerprint density at radius 3 is 2.80 bits per heavy atom. The molecule has 0 fully saturated rings. The van der Waals surface area contributed by atoms with E-state index in [1.54, 1.807) is 17.9 Å². The molecule has 0 spiro atoms. The van der Waals surface area contributed by atoms with E-state index in [1.807, 2.05) is 0 Å². The Balaban J connectivity index is 2.18. The molecule has 20 heavy (non-hydrogen) atoms. The summed E-state index contributed by atoms with van der Waals surface area (Å²) in [5.41, 5.74) is 2.59. The van der Waals surface area contributed by atoms with Crippen molar-refractivity contribution in [2.24, 2.45) is 0 Å². The molecule has 108 valence electrons. The molecule has 1 heterocycles. The lowest BCUT2D eigenvalue weighted by Gasteiger charge is -2.08. The first-order valence-corrected chi connectivity index (χ1v) is 8.25. The van der Waals surface area contributed by atoms with Crippen LogP contribution in [0.4, 0.5) is 4.39 Å². The van der Waals surface area contributed by atoms with Crippen LogP contribution in [0.3, 0.4) is 0 Å². The molecular weight excluding hydrogens is 301 g/mol. The standard InChI is InChI=1S/C12H14FN3O2S2/c1-14-5-9-4-11(2-3-12(9)13)20(17,18)16-6-10-7-19-8-15-10/h2-4,7-8,14,16H,5-6H2,1H3. The third-order valence-electron chi connectivity index (χ3n) is 2.62. The zero-order chi connectivity index (χ0) is 14.6. The number of hydrogen-bond acceptors (Lipinski definition) is 5. The van der Waals surface area contributed by atoms with E-state index in [1.165, 1.54) is 23.5 Å². The van der Waals surface area contributed by atoms with Crippen molar-refractivity contribution in [2.45, 2.75) is 18.0 Å². The summed E-state index contributed by atoms with van der Waals surface area (Å²) in [6.07, 6.45) is 0. The number of thiazole rings is 1. The molecule has 8 heteroatoms. The van der Waals surface area contributed by atoms with Crippen LogP contribution in [-0.4, -0.2) is 20.4 Å². The Morgan fingerprint density at radius 2 is 2.15 bits per heavy atom. The monoisotopic (exact) mass is 315 g/mol. The van der Waals surface area contributed by atoms with Gasteiger partial charge in [0.1, 0.15) is 5.82 Å². The third kappa shape index (κ3) is 3.60. The van der Waals surface area contributed by atoms with Gasteiger partial charge in [-0.05, 0) is 25.2 Å². The van der Waals surface area contributed by atoms with Crippen LogP contribution in [0.15, 0.2) is 34.0 Å². The molecule has 0 saturated carbocycles. The minimum absolute atomic E-state index is 0.0411. The number of nitrogens with one attached hydrogen (secondary N) is 2. The molecule has 0 radical (unpaired) electrons. The van der Waals surface area contributed by atoms with Gasteiger partial charge in [-0.15, -0.1) is 11.3 Å². The highest BCUT2D eigenvalue weighted by atomic mass is 32.2. The number of nitrogens with zero attached hydrogens (tertiary/aromatic N) is 1. The molecule has 2 aromatic rings. The molecule has 0 atom stereocenters. The molecule has 5 nitrogen and oxygen atoms in total. The van der Waals surface area contributed by atoms with Crippen molar-refractivity contribution >= 4 is 21.4 Å². The minimum Gasteiger partial charge on any atom is -0.316 e. The first-order valence-electron chi connectivity index (χ1n) is 5.82. The number of rotatable bonds is 6. The smallest absolute Gasteiger partial charge is 0.240 e. The number of hydrogen-bond donors (Lipinski definition) is 2. The highest BCUT2D eigenvalue weighted by molar-refractivity contribution is 7.89. The number of sulfonamides is 1. The Kier molecular flexibility index (Phi) is 4.81. The minimum atomic E-state index is -3.67. The largest absolute Gasteiger partial charge is 0.316 e. The molecule has 0 unspecified atom stereocenters. The van der Waals surface area contributed by atoms with Crippen molar-refractivity contribution in [1.82, 2.24) is 15.0 Å². The van der Waals surface area contributed by atoms with Crippen molar-refractivity contribution in [3.8, 4) is 0 Å². The third-order valence-corrected chi connectivity index (χ3v) is 4.66. The quantitative estimate of drug-likeness (QED) is 0.847. The summed E-state index contributed by atoms with van der Waals surface area (Å²) in [6.45, 7) is 0.381. The van der Waals surface area contributed by atoms with Crippen LogP contribution in [-0.2, 0) is 23.1 Å². The van der Waals surface area contributed by atoms with Gasteiger partial charge in [0.2, 0.25) is 10.0 Å². The first kappa shape index (κ1) is 15.0. The Labute approximate surface area is 120 Å². The summed E-state index contributed by atoms with van der Waals surface area (Å²) < 4.78 is 40.2. The van der Waals surface area contributed by atoms with Gasteiger partial charge < -0.3 is 5.32 Å². The lowest BCUT2D eigenvalue weighted by molar-refractivity contribution is 0.577. The normalized spacial score (nSPS) is 11.7. The Bertz CT molecular complexity index is 672.